The number of aromatic nitrogens is 3. The van der Waals surface area contributed by atoms with E-state index in [-0.39, 0.29) is 24.1 Å². The highest BCUT2D eigenvalue weighted by molar-refractivity contribution is 7.99. The summed E-state index contributed by atoms with van der Waals surface area (Å²) >= 11 is 1.28. The molecule has 0 saturated heterocycles. The molecule has 2 aromatic carbocycles. The highest BCUT2D eigenvalue weighted by atomic mass is 32.2. The number of thioether (sulfide) groups is 1. The van der Waals surface area contributed by atoms with Crippen molar-refractivity contribution in [2.24, 2.45) is 7.05 Å². The zero-order valence-corrected chi connectivity index (χ0v) is 18.3. The second kappa shape index (κ2) is 9.75. The Balaban J connectivity index is 1.58. The topological polar surface area (TPSA) is 69.0 Å². The van der Waals surface area contributed by atoms with Crippen molar-refractivity contribution in [2.75, 3.05) is 11.1 Å². The van der Waals surface area contributed by atoms with Gasteiger partial charge in [0.2, 0.25) is 5.91 Å². The first-order valence-electron chi connectivity index (χ1n) is 9.63. The highest BCUT2D eigenvalue weighted by Gasteiger charge is 2.14. The van der Waals surface area contributed by atoms with Crippen LogP contribution in [0.1, 0.15) is 36.7 Å². The molecule has 0 radical (unpaired) electrons. The van der Waals surface area contributed by atoms with Crippen molar-refractivity contribution < 1.29 is 13.9 Å². The number of rotatable bonds is 8. The predicted molar refractivity (Wildman–Crippen MR) is 116 cm³/mol. The molecular formula is C22H25FN4O2S. The molecule has 8 heteroatoms. The maximum absolute atomic E-state index is 12.9. The number of nitrogens with zero attached hydrogens (tertiary/aromatic N) is 3. The average Bonchev–Trinajstić information content (AvgIpc) is 3.06. The Morgan fingerprint density at radius 1 is 1.20 bits per heavy atom. The summed E-state index contributed by atoms with van der Waals surface area (Å²) in [5, 5.41) is 11.7. The lowest BCUT2D eigenvalue weighted by Gasteiger charge is -2.14. The molecule has 3 aromatic rings. The minimum atomic E-state index is -0.345. The molecule has 0 bridgehead atoms. The van der Waals surface area contributed by atoms with E-state index in [2.05, 4.69) is 41.5 Å². The number of halogens is 1. The fourth-order valence-electron chi connectivity index (χ4n) is 2.84. The van der Waals surface area contributed by atoms with Gasteiger partial charge in [0.25, 0.3) is 0 Å². The van der Waals surface area contributed by atoms with Gasteiger partial charge in [0.1, 0.15) is 18.2 Å². The number of benzene rings is 2. The smallest absolute Gasteiger partial charge is 0.234 e. The third-order valence-electron chi connectivity index (χ3n) is 4.53. The van der Waals surface area contributed by atoms with E-state index in [0.29, 0.717) is 22.6 Å². The maximum Gasteiger partial charge on any atom is 0.234 e. The SMILES string of the molecule is Cc1ccc(C(C)C)c(OCc2nnc(SCC(=O)Nc3ccc(F)cc3)n2C)c1. The van der Waals surface area contributed by atoms with E-state index in [0.717, 1.165) is 16.9 Å². The van der Waals surface area contributed by atoms with Crippen LogP contribution in [0.25, 0.3) is 0 Å². The van der Waals surface area contributed by atoms with Crippen LogP contribution in [0.15, 0.2) is 47.6 Å². The van der Waals surface area contributed by atoms with E-state index in [1.807, 2.05) is 24.6 Å². The zero-order valence-electron chi connectivity index (χ0n) is 17.5. The number of hydrogen-bond acceptors (Lipinski definition) is 5. The monoisotopic (exact) mass is 428 g/mol. The van der Waals surface area contributed by atoms with E-state index in [1.54, 1.807) is 0 Å². The summed E-state index contributed by atoms with van der Waals surface area (Å²) < 4.78 is 20.8. The van der Waals surface area contributed by atoms with Crippen LogP contribution in [-0.2, 0) is 18.4 Å². The summed E-state index contributed by atoms with van der Waals surface area (Å²) in [6.45, 7) is 6.58. The van der Waals surface area contributed by atoms with Crippen molar-refractivity contribution in [1.82, 2.24) is 14.8 Å². The molecular weight excluding hydrogens is 403 g/mol. The summed E-state index contributed by atoms with van der Waals surface area (Å²) in [5.74, 6) is 1.50. The van der Waals surface area contributed by atoms with Gasteiger partial charge in [-0.15, -0.1) is 10.2 Å². The van der Waals surface area contributed by atoms with Crippen LogP contribution in [-0.4, -0.2) is 26.4 Å². The molecule has 0 atom stereocenters. The van der Waals surface area contributed by atoms with Gasteiger partial charge in [-0.1, -0.05) is 37.7 Å². The largest absolute Gasteiger partial charge is 0.485 e. The number of carbonyl (C=O) groups is 1. The van der Waals surface area contributed by atoms with Gasteiger partial charge in [-0.25, -0.2) is 4.39 Å². The highest BCUT2D eigenvalue weighted by Crippen LogP contribution is 2.28. The van der Waals surface area contributed by atoms with E-state index in [4.69, 9.17) is 4.74 Å². The van der Waals surface area contributed by atoms with Crippen molar-refractivity contribution >= 4 is 23.4 Å². The number of hydrogen-bond donors (Lipinski definition) is 1. The molecule has 1 N–H and O–H groups in total. The number of ether oxygens (including phenoxy) is 1. The van der Waals surface area contributed by atoms with Crippen LogP contribution in [0.3, 0.4) is 0 Å². The number of nitrogens with one attached hydrogen (secondary N) is 1. The Morgan fingerprint density at radius 3 is 2.63 bits per heavy atom. The second-order valence-corrected chi connectivity index (χ2v) is 8.23. The molecule has 0 unspecified atom stereocenters. The van der Waals surface area contributed by atoms with Crippen LogP contribution < -0.4 is 10.1 Å². The lowest BCUT2D eigenvalue weighted by molar-refractivity contribution is -0.113. The fourth-order valence-corrected chi connectivity index (χ4v) is 3.57. The van der Waals surface area contributed by atoms with Gasteiger partial charge in [0.05, 0.1) is 5.75 Å². The van der Waals surface area contributed by atoms with Crippen LogP contribution in [0, 0.1) is 12.7 Å². The Kier molecular flexibility index (Phi) is 7.10. The Bertz CT molecular complexity index is 1020. The molecule has 1 amide bonds. The third kappa shape index (κ3) is 5.60. The van der Waals surface area contributed by atoms with Crippen molar-refractivity contribution in [2.45, 2.75) is 38.5 Å². The standard InChI is InChI=1S/C22H25FN4O2S/c1-14(2)18-10-5-15(3)11-19(18)29-12-20-25-26-22(27(20)4)30-13-21(28)24-17-8-6-16(23)7-9-17/h5-11,14H,12-13H2,1-4H3,(H,24,28). The van der Waals surface area contributed by atoms with Gasteiger partial charge in [0, 0.05) is 12.7 Å². The summed E-state index contributed by atoms with van der Waals surface area (Å²) in [7, 11) is 1.85. The number of carbonyl (C=O) groups excluding carboxylic acids is 1. The van der Waals surface area contributed by atoms with Gasteiger partial charge < -0.3 is 14.6 Å². The lowest BCUT2D eigenvalue weighted by Crippen LogP contribution is -2.14. The van der Waals surface area contributed by atoms with Crippen molar-refractivity contribution in [3.8, 4) is 5.75 Å². The van der Waals surface area contributed by atoms with Crippen LogP contribution in [0.5, 0.6) is 5.75 Å². The van der Waals surface area contributed by atoms with Crippen LogP contribution >= 0.6 is 11.8 Å². The first kappa shape index (κ1) is 21.8. The van der Waals surface area contributed by atoms with Crippen LogP contribution in [0.4, 0.5) is 10.1 Å². The Hall–Kier alpha value is -2.87. The maximum atomic E-state index is 12.9. The first-order valence-corrected chi connectivity index (χ1v) is 10.6. The molecule has 1 aromatic heterocycles. The molecule has 3 rings (SSSR count). The van der Waals surface area contributed by atoms with E-state index < -0.39 is 0 Å². The van der Waals surface area contributed by atoms with E-state index in [1.165, 1.54) is 36.0 Å². The molecule has 30 heavy (non-hydrogen) atoms. The molecule has 0 fully saturated rings. The average molecular weight is 429 g/mol. The van der Waals surface area contributed by atoms with Gasteiger partial charge >= 0.3 is 0 Å². The predicted octanol–water partition coefficient (Wildman–Crippen LogP) is 4.70. The van der Waals surface area contributed by atoms with Gasteiger partial charge in [-0.3, -0.25) is 4.79 Å². The summed E-state index contributed by atoms with van der Waals surface area (Å²) in [5.41, 5.74) is 2.83. The summed E-state index contributed by atoms with van der Waals surface area (Å²) in [6, 6.07) is 11.8. The minimum Gasteiger partial charge on any atom is -0.485 e. The van der Waals surface area contributed by atoms with Gasteiger partial charge in [-0.2, -0.15) is 0 Å². The molecule has 0 aliphatic carbocycles. The van der Waals surface area contributed by atoms with Crippen molar-refractivity contribution in [1.29, 1.82) is 0 Å². The van der Waals surface area contributed by atoms with Crippen molar-refractivity contribution in [3.63, 3.8) is 0 Å². The number of amides is 1. The third-order valence-corrected chi connectivity index (χ3v) is 5.55. The van der Waals surface area contributed by atoms with Gasteiger partial charge in [-0.05, 0) is 54.3 Å². The molecule has 0 saturated carbocycles. The van der Waals surface area contributed by atoms with Crippen molar-refractivity contribution in [3.05, 3.63) is 65.2 Å². The normalized spacial score (nSPS) is 11.0. The summed E-state index contributed by atoms with van der Waals surface area (Å²) in [4.78, 5) is 12.1. The second-order valence-electron chi connectivity index (χ2n) is 7.29. The number of aryl methyl sites for hydroxylation is 1. The van der Waals surface area contributed by atoms with E-state index in [9.17, 15) is 9.18 Å². The summed E-state index contributed by atoms with van der Waals surface area (Å²) in [6.07, 6.45) is 0. The zero-order chi connectivity index (χ0) is 21.7. The first-order chi connectivity index (χ1) is 14.3. The number of anilines is 1. The molecule has 0 aliphatic rings. The quantitative estimate of drug-likeness (QED) is 0.527. The van der Waals surface area contributed by atoms with E-state index >= 15 is 0 Å². The molecule has 158 valence electrons. The van der Waals surface area contributed by atoms with Gasteiger partial charge in [0.15, 0.2) is 11.0 Å². The molecule has 1 heterocycles. The Morgan fingerprint density at radius 2 is 1.93 bits per heavy atom. The van der Waals surface area contributed by atoms with Crippen LogP contribution in [0.2, 0.25) is 0 Å². The molecule has 6 nitrogen and oxygen atoms in total. The molecule has 0 aliphatic heterocycles. The lowest BCUT2D eigenvalue weighted by atomic mass is 10.0. The minimum absolute atomic E-state index is 0.166. The Labute approximate surface area is 179 Å². The fraction of sp³-hybridized carbons (Fsp3) is 0.318. The molecule has 0 spiro atoms.